The van der Waals surface area contributed by atoms with Crippen LogP contribution in [-0.4, -0.2) is 6.09 Å². The summed E-state index contributed by atoms with van der Waals surface area (Å²) in [5.74, 6) is 4.68. The maximum Gasteiger partial charge on any atom is 0.430 e. The van der Waals surface area contributed by atoms with Crippen LogP contribution >= 0.6 is 0 Å². The topological polar surface area (TPSA) is 64.3 Å². The molecule has 0 fully saturated rings. The molecule has 0 rings (SSSR count). The van der Waals surface area contributed by atoms with Gasteiger partial charge in [-0.15, -0.1) is 0 Å². The third kappa shape index (κ3) is 3.39. The van der Waals surface area contributed by atoms with E-state index in [2.05, 4.69) is 16.1 Å². The zero-order valence-corrected chi connectivity index (χ0v) is 7.97. The molecule has 4 nitrogen and oxygen atoms in total. The van der Waals surface area contributed by atoms with Crippen LogP contribution in [0.4, 0.5) is 4.79 Å². The van der Waals surface area contributed by atoms with Gasteiger partial charge >= 0.3 is 6.09 Å². The van der Waals surface area contributed by atoms with Crippen molar-refractivity contribution in [3.05, 3.63) is 11.8 Å². The molecule has 4 heteroatoms. The first-order valence-electron chi connectivity index (χ1n) is 3.76. The molecule has 0 spiro atoms. The fraction of sp³-hybridized carbons (Fsp3) is 0.625. The highest BCUT2D eigenvalue weighted by atomic mass is 16.7. The van der Waals surface area contributed by atoms with Gasteiger partial charge in [-0.2, -0.15) is 5.90 Å². The average Bonchev–Trinajstić information content (AvgIpc) is 1.97. The third-order valence-corrected chi connectivity index (χ3v) is 1.44. The van der Waals surface area contributed by atoms with Gasteiger partial charge < -0.3 is 4.84 Å². The first kappa shape index (κ1) is 11.0. The summed E-state index contributed by atoms with van der Waals surface area (Å²) in [6.45, 7) is 7.80. The van der Waals surface area contributed by atoms with Crippen LogP contribution in [0.1, 0.15) is 27.7 Å². The van der Waals surface area contributed by atoms with Gasteiger partial charge in [0.15, 0.2) is 0 Å². The molecule has 0 saturated carbocycles. The second-order valence-corrected chi connectivity index (χ2v) is 3.48. The van der Waals surface area contributed by atoms with Crippen molar-refractivity contribution in [1.29, 1.82) is 0 Å². The maximum absolute atomic E-state index is 10.7. The second kappa shape index (κ2) is 4.11. The predicted molar refractivity (Wildman–Crippen MR) is 47.0 cm³/mol. The predicted octanol–water partition coefficient (Wildman–Crippen LogP) is 1.54. The Morgan fingerprint density at radius 3 is 2.25 bits per heavy atom. The summed E-state index contributed by atoms with van der Waals surface area (Å²) in [5.41, 5.74) is 0.682. The Balaban J connectivity index is 4.32. The number of allylic oxidation sites excluding steroid dienone is 2. The molecule has 0 aliphatic carbocycles. The van der Waals surface area contributed by atoms with Crippen molar-refractivity contribution in [3.63, 3.8) is 0 Å². The molecule has 0 heterocycles. The van der Waals surface area contributed by atoms with E-state index in [9.17, 15) is 4.79 Å². The van der Waals surface area contributed by atoms with Crippen molar-refractivity contribution in [2.24, 2.45) is 11.3 Å². The Morgan fingerprint density at radius 2 is 2.00 bits per heavy atom. The number of carbonyl (C=O) groups is 1. The molecule has 0 aliphatic rings. The Hall–Kier alpha value is -1.03. The van der Waals surface area contributed by atoms with Crippen LogP contribution in [0, 0.1) is 5.41 Å². The van der Waals surface area contributed by atoms with E-state index in [0.29, 0.717) is 0 Å². The van der Waals surface area contributed by atoms with Crippen LogP contribution in [0.25, 0.3) is 0 Å². The highest BCUT2D eigenvalue weighted by molar-refractivity contribution is 5.69. The standard InChI is InChI=1S/C8H16N2O2/c1-5-6(8(2,3)4)10-7(11)12-9/h5H,9H2,1-4H3,(H,10,11)/b6-5-. The summed E-state index contributed by atoms with van der Waals surface area (Å²) < 4.78 is 0. The normalized spacial score (nSPS) is 12.6. The summed E-state index contributed by atoms with van der Waals surface area (Å²) in [6.07, 6.45) is 1.18. The van der Waals surface area contributed by atoms with Gasteiger partial charge in [0.2, 0.25) is 0 Å². The molecule has 70 valence electrons. The van der Waals surface area contributed by atoms with E-state index in [4.69, 9.17) is 0 Å². The van der Waals surface area contributed by atoms with Crippen LogP contribution in [0.15, 0.2) is 11.8 Å². The van der Waals surface area contributed by atoms with E-state index in [-0.39, 0.29) is 5.41 Å². The van der Waals surface area contributed by atoms with Gasteiger partial charge in [-0.3, -0.25) is 5.32 Å². The monoisotopic (exact) mass is 172 g/mol. The van der Waals surface area contributed by atoms with Crippen molar-refractivity contribution < 1.29 is 9.63 Å². The molecule has 0 bridgehead atoms. The fourth-order valence-corrected chi connectivity index (χ4v) is 0.832. The number of amides is 1. The lowest BCUT2D eigenvalue weighted by Crippen LogP contribution is -2.31. The number of hydrogen-bond donors (Lipinski definition) is 2. The lowest BCUT2D eigenvalue weighted by Gasteiger charge is -2.22. The summed E-state index contributed by atoms with van der Waals surface area (Å²) in [7, 11) is 0. The molecule has 0 radical (unpaired) electrons. The molecule has 0 aliphatic heterocycles. The van der Waals surface area contributed by atoms with E-state index < -0.39 is 6.09 Å². The van der Waals surface area contributed by atoms with Crippen LogP contribution in [0.3, 0.4) is 0 Å². The highest BCUT2D eigenvalue weighted by Crippen LogP contribution is 2.22. The second-order valence-electron chi connectivity index (χ2n) is 3.48. The van der Waals surface area contributed by atoms with Gasteiger partial charge in [-0.05, 0) is 6.92 Å². The van der Waals surface area contributed by atoms with Gasteiger partial charge in [0.05, 0.1) is 0 Å². The molecule has 3 N–H and O–H groups in total. The minimum absolute atomic E-state index is 0.108. The maximum atomic E-state index is 10.7. The Bertz CT molecular complexity index is 192. The zero-order chi connectivity index (χ0) is 9.78. The van der Waals surface area contributed by atoms with Crippen LogP contribution in [0.2, 0.25) is 0 Å². The SMILES string of the molecule is C/C=C(\NC(=O)ON)C(C)(C)C. The van der Waals surface area contributed by atoms with Crippen molar-refractivity contribution in [3.8, 4) is 0 Å². The number of nitrogens with one attached hydrogen (secondary N) is 1. The fourth-order valence-electron chi connectivity index (χ4n) is 0.832. The minimum Gasteiger partial charge on any atom is -0.357 e. The van der Waals surface area contributed by atoms with Gasteiger partial charge in [0.25, 0.3) is 0 Å². The van der Waals surface area contributed by atoms with Crippen LogP contribution < -0.4 is 11.2 Å². The first-order chi connectivity index (χ1) is 5.41. The van der Waals surface area contributed by atoms with Crippen molar-refractivity contribution in [2.45, 2.75) is 27.7 Å². The average molecular weight is 172 g/mol. The summed E-state index contributed by atoms with van der Waals surface area (Å²) in [4.78, 5) is 14.7. The molecular weight excluding hydrogens is 156 g/mol. The van der Waals surface area contributed by atoms with E-state index >= 15 is 0 Å². The van der Waals surface area contributed by atoms with Gasteiger partial charge in [0, 0.05) is 11.1 Å². The largest absolute Gasteiger partial charge is 0.430 e. The summed E-state index contributed by atoms with van der Waals surface area (Å²) in [6, 6.07) is 0. The lowest BCUT2D eigenvalue weighted by atomic mass is 9.92. The van der Waals surface area contributed by atoms with E-state index in [1.807, 2.05) is 33.8 Å². The number of rotatable bonds is 1. The quantitative estimate of drug-likeness (QED) is 0.589. The van der Waals surface area contributed by atoms with E-state index in [1.165, 1.54) is 0 Å². The van der Waals surface area contributed by atoms with E-state index in [0.717, 1.165) is 5.70 Å². The molecule has 0 saturated heterocycles. The van der Waals surface area contributed by atoms with Gasteiger partial charge in [-0.25, -0.2) is 4.79 Å². The highest BCUT2D eigenvalue weighted by Gasteiger charge is 2.18. The van der Waals surface area contributed by atoms with Crippen LogP contribution in [-0.2, 0) is 4.84 Å². The van der Waals surface area contributed by atoms with Gasteiger partial charge in [0.1, 0.15) is 0 Å². The van der Waals surface area contributed by atoms with E-state index in [1.54, 1.807) is 0 Å². The molecule has 0 unspecified atom stereocenters. The molecular formula is C8H16N2O2. The summed E-state index contributed by atoms with van der Waals surface area (Å²) >= 11 is 0. The molecule has 1 amide bonds. The summed E-state index contributed by atoms with van der Waals surface area (Å²) in [5, 5.41) is 2.53. The molecule has 0 aromatic carbocycles. The molecule has 0 atom stereocenters. The lowest BCUT2D eigenvalue weighted by molar-refractivity contribution is 0.148. The third-order valence-electron chi connectivity index (χ3n) is 1.44. The van der Waals surface area contributed by atoms with Gasteiger partial charge in [-0.1, -0.05) is 26.8 Å². The van der Waals surface area contributed by atoms with Crippen molar-refractivity contribution >= 4 is 6.09 Å². The Kier molecular flexibility index (Phi) is 3.76. The number of carbonyl (C=O) groups excluding carboxylic acids is 1. The number of nitrogens with two attached hydrogens (primary N) is 1. The molecule has 12 heavy (non-hydrogen) atoms. The number of hydrogen-bond acceptors (Lipinski definition) is 3. The van der Waals surface area contributed by atoms with Crippen molar-refractivity contribution in [2.75, 3.05) is 0 Å². The Morgan fingerprint density at radius 1 is 1.50 bits per heavy atom. The zero-order valence-electron chi connectivity index (χ0n) is 7.97. The van der Waals surface area contributed by atoms with Crippen molar-refractivity contribution in [1.82, 2.24) is 5.32 Å². The minimum atomic E-state index is -0.641. The molecule has 0 aromatic heterocycles. The van der Waals surface area contributed by atoms with Crippen LogP contribution in [0.5, 0.6) is 0 Å². The molecule has 0 aromatic rings. The Labute approximate surface area is 72.7 Å². The first-order valence-corrected chi connectivity index (χ1v) is 3.76. The smallest absolute Gasteiger partial charge is 0.357 e.